The standard InChI is InChI=1S/C11H16N2.C7H6N2.C7H12N2/c1-2-6-10(7-3-1)13-11-8-4-5-9-12-11;1-2-4-7-6(3-1)5-8-9-7;1-4-5-6(2)9-7(3)8/h4-5,8-10H,1-3,6-7H2,(H,12,13);1-4H,5H2;4-5H,3,8H2,1-2H3/b;;5-4-,9-6-. The molecule has 0 saturated heterocycles. The first-order valence-electron chi connectivity index (χ1n) is 10.8. The summed E-state index contributed by atoms with van der Waals surface area (Å²) in [6.45, 7) is 8.00. The molecule has 1 fully saturated rings. The quantitative estimate of drug-likeness (QED) is 0.551. The Labute approximate surface area is 186 Å². The van der Waals surface area contributed by atoms with Crippen LogP contribution in [0, 0.1) is 0 Å². The predicted molar refractivity (Wildman–Crippen MR) is 131 cm³/mol. The smallest absolute Gasteiger partial charge is 0.126 e. The summed E-state index contributed by atoms with van der Waals surface area (Å²) in [4.78, 5) is 8.14. The molecule has 0 radical (unpaired) electrons. The molecule has 1 saturated carbocycles. The van der Waals surface area contributed by atoms with E-state index in [0.29, 0.717) is 11.9 Å². The Hall–Kier alpha value is -3.28. The number of aromatic nitrogens is 1. The first-order chi connectivity index (χ1) is 15.1. The number of aliphatic imine (C=N–C) groups is 1. The van der Waals surface area contributed by atoms with Gasteiger partial charge in [-0.05, 0) is 51.0 Å². The van der Waals surface area contributed by atoms with E-state index in [-0.39, 0.29) is 0 Å². The third-order valence-corrected chi connectivity index (χ3v) is 4.76. The molecule has 2 aliphatic rings. The summed E-state index contributed by atoms with van der Waals surface area (Å²) in [6.07, 6.45) is 12.4. The molecule has 4 rings (SSSR count). The topological polar surface area (TPSA) is 88.0 Å². The van der Waals surface area contributed by atoms with Gasteiger partial charge in [-0.3, -0.25) is 0 Å². The van der Waals surface area contributed by atoms with Gasteiger partial charge in [0.05, 0.1) is 12.2 Å². The maximum absolute atomic E-state index is 5.21. The van der Waals surface area contributed by atoms with Gasteiger partial charge in [-0.15, -0.1) is 0 Å². The van der Waals surface area contributed by atoms with Crippen LogP contribution < -0.4 is 11.1 Å². The molecule has 0 spiro atoms. The average molecular weight is 419 g/mol. The summed E-state index contributed by atoms with van der Waals surface area (Å²) in [6, 6.07) is 14.7. The highest BCUT2D eigenvalue weighted by Gasteiger charge is 2.12. The molecule has 0 amide bonds. The number of hydrogen-bond donors (Lipinski definition) is 2. The minimum Gasteiger partial charge on any atom is -0.384 e. The van der Waals surface area contributed by atoms with Crippen LogP contribution in [0.15, 0.2) is 88.4 Å². The van der Waals surface area contributed by atoms with Gasteiger partial charge in [0.25, 0.3) is 0 Å². The second-order valence-electron chi connectivity index (χ2n) is 7.47. The van der Waals surface area contributed by atoms with Crippen LogP contribution in [0.3, 0.4) is 0 Å². The molecule has 0 unspecified atom stereocenters. The van der Waals surface area contributed by atoms with E-state index in [9.17, 15) is 0 Å². The second kappa shape index (κ2) is 13.9. The van der Waals surface area contributed by atoms with Crippen LogP contribution in [0.1, 0.15) is 51.5 Å². The summed E-state index contributed by atoms with van der Waals surface area (Å²) in [5.74, 6) is 1.38. The van der Waals surface area contributed by atoms with Crippen molar-refractivity contribution in [2.75, 3.05) is 5.32 Å². The number of azo groups is 1. The molecule has 2 heterocycles. The molecule has 2 aromatic rings. The fourth-order valence-electron chi connectivity index (χ4n) is 3.34. The number of hydrogen-bond acceptors (Lipinski definition) is 6. The molecule has 1 aromatic heterocycles. The number of rotatable bonds is 4. The number of anilines is 1. The van der Waals surface area contributed by atoms with Gasteiger partial charge >= 0.3 is 0 Å². The Bertz CT molecular complexity index is 880. The predicted octanol–water partition coefficient (Wildman–Crippen LogP) is 6.56. The number of nitrogens with two attached hydrogens (primary N) is 1. The van der Waals surface area contributed by atoms with Crippen molar-refractivity contribution in [1.82, 2.24) is 4.98 Å². The lowest BCUT2D eigenvalue weighted by atomic mass is 9.95. The normalized spacial score (nSPS) is 15.4. The van der Waals surface area contributed by atoms with Crippen LogP contribution in [0.4, 0.5) is 11.5 Å². The average Bonchev–Trinajstić information content (AvgIpc) is 3.25. The second-order valence-corrected chi connectivity index (χ2v) is 7.47. The Kier molecular flexibility index (Phi) is 10.7. The largest absolute Gasteiger partial charge is 0.384 e. The van der Waals surface area contributed by atoms with Crippen molar-refractivity contribution >= 4 is 17.2 Å². The zero-order valence-electron chi connectivity index (χ0n) is 18.7. The Morgan fingerprint density at radius 2 is 1.87 bits per heavy atom. The Morgan fingerprint density at radius 3 is 2.52 bits per heavy atom. The molecule has 31 heavy (non-hydrogen) atoms. The number of pyridine rings is 1. The molecular formula is C25H34N6. The van der Waals surface area contributed by atoms with E-state index in [0.717, 1.165) is 23.8 Å². The third kappa shape index (κ3) is 9.85. The van der Waals surface area contributed by atoms with Gasteiger partial charge in [0.2, 0.25) is 0 Å². The number of fused-ring (bicyclic) bond motifs is 1. The molecule has 6 heteroatoms. The number of nitrogens with zero attached hydrogens (tertiary/aromatic N) is 4. The van der Waals surface area contributed by atoms with Gasteiger partial charge in [-0.25, -0.2) is 9.98 Å². The maximum Gasteiger partial charge on any atom is 0.126 e. The maximum atomic E-state index is 5.21. The van der Waals surface area contributed by atoms with Crippen molar-refractivity contribution in [2.45, 2.75) is 58.5 Å². The lowest BCUT2D eigenvalue weighted by Gasteiger charge is -2.23. The van der Waals surface area contributed by atoms with Crippen LogP contribution in [0.5, 0.6) is 0 Å². The minimum absolute atomic E-state index is 0.352. The Morgan fingerprint density at radius 1 is 1.13 bits per heavy atom. The zero-order chi connectivity index (χ0) is 22.3. The van der Waals surface area contributed by atoms with E-state index in [4.69, 9.17) is 5.73 Å². The minimum atomic E-state index is 0.352. The number of nitrogens with one attached hydrogen (secondary N) is 1. The molecule has 164 valence electrons. The van der Waals surface area contributed by atoms with E-state index in [1.165, 1.54) is 37.7 Å². The van der Waals surface area contributed by atoms with Crippen LogP contribution in [-0.4, -0.2) is 16.7 Å². The molecular weight excluding hydrogens is 384 g/mol. The van der Waals surface area contributed by atoms with E-state index in [1.807, 2.05) is 68.6 Å². The van der Waals surface area contributed by atoms with Gasteiger partial charge in [0.15, 0.2) is 0 Å². The van der Waals surface area contributed by atoms with Crippen molar-refractivity contribution in [3.05, 3.63) is 78.8 Å². The summed E-state index contributed by atoms with van der Waals surface area (Å²) in [5.41, 5.74) is 8.35. The fraction of sp³-hybridized carbons (Fsp3) is 0.360. The van der Waals surface area contributed by atoms with Crippen molar-refractivity contribution in [1.29, 1.82) is 0 Å². The summed E-state index contributed by atoms with van der Waals surface area (Å²) in [5, 5.41) is 11.3. The third-order valence-electron chi connectivity index (χ3n) is 4.76. The molecule has 0 atom stereocenters. The van der Waals surface area contributed by atoms with Gasteiger partial charge in [-0.1, -0.05) is 56.2 Å². The summed E-state index contributed by atoms with van der Waals surface area (Å²) < 4.78 is 0. The lowest BCUT2D eigenvalue weighted by Crippen LogP contribution is -2.22. The van der Waals surface area contributed by atoms with Crippen LogP contribution in [0.25, 0.3) is 0 Å². The SMILES string of the molecule is C=C(N)/N=C(C)\C=C/C.c1ccc(NC2CCCCC2)nc1.c1ccc2c(c1)CN=N2. The fourth-order valence-corrected chi connectivity index (χ4v) is 3.34. The van der Waals surface area contributed by atoms with E-state index in [1.54, 1.807) is 0 Å². The first kappa shape index (κ1) is 24.0. The highest BCUT2D eigenvalue weighted by atomic mass is 15.1. The van der Waals surface area contributed by atoms with E-state index >= 15 is 0 Å². The Balaban J connectivity index is 0.000000170. The summed E-state index contributed by atoms with van der Waals surface area (Å²) in [7, 11) is 0. The van der Waals surface area contributed by atoms with E-state index < -0.39 is 0 Å². The zero-order valence-corrected chi connectivity index (χ0v) is 18.7. The van der Waals surface area contributed by atoms with Crippen molar-refractivity contribution < 1.29 is 0 Å². The van der Waals surface area contributed by atoms with Gasteiger partial charge in [0.1, 0.15) is 11.6 Å². The van der Waals surface area contributed by atoms with E-state index in [2.05, 4.69) is 38.2 Å². The van der Waals surface area contributed by atoms with Crippen LogP contribution in [-0.2, 0) is 6.54 Å². The molecule has 1 aliphatic heterocycles. The van der Waals surface area contributed by atoms with Crippen molar-refractivity contribution in [3.63, 3.8) is 0 Å². The van der Waals surface area contributed by atoms with Crippen molar-refractivity contribution in [3.8, 4) is 0 Å². The first-order valence-corrected chi connectivity index (χ1v) is 10.8. The van der Waals surface area contributed by atoms with Crippen LogP contribution in [0.2, 0.25) is 0 Å². The monoisotopic (exact) mass is 418 g/mol. The number of benzene rings is 1. The molecule has 0 bridgehead atoms. The lowest BCUT2D eigenvalue weighted by molar-refractivity contribution is 0.462. The highest BCUT2D eigenvalue weighted by molar-refractivity contribution is 5.93. The molecule has 3 N–H and O–H groups in total. The highest BCUT2D eigenvalue weighted by Crippen LogP contribution is 2.25. The van der Waals surface area contributed by atoms with Gasteiger partial charge in [0, 0.05) is 23.5 Å². The molecule has 1 aliphatic carbocycles. The van der Waals surface area contributed by atoms with Gasteiger partial charge in [-0.2, -0.15) is 10.2 Å². The van der Waals surface area contributed by atoms with Gasteiger partial charge < -0.3 is 11.1 Å². The summed E-state index contributed by atoms with van der Waals surface area (Å²) >= 11 is 0. The number of allylic oxidation sites excluding steroid dienone is 2. The molecule has 1 aromatic carbocycles. The van der Waals surface area contributed by atoms with Crippen molar-refractivity contribution in [2.24, 2.45) is 21.0 Å². The molecule has 6 nitrogen and oxygen atoms in total. The van der Waals surface area contributed by atoms with Crippen LogP contribution >= 0.6 is 0 Å².